The highest BCUT2D eigenvalue weighted by Gasteiger charge is 2.22. The van der Waals surface area contributed by atoms with E-state index in [9.17, 15) is 14.4 Å². The highest BCUT2D eigenvalue weighted by Crippen LogP contribution is 2.24. The highest BCUT2D eigenvalue weighted by molar-refractivity contribution is 6.03. The number of nitrogens with one attached hydrogen (secondary N) is 2. The SMILES string of the molecule is CC(C)CN(CC(=O)Nc1cccc2ccccc12)c1c(N)n(CC(C)C)c(=O)[nH]c1=O. The molecule has 0 atom stereocenters. The fraction of sp³-hybridized carbons (Fsp3) is 0.375. The number of aromatic nitrogens is 2. The normalized spacial score (nSPS) is 11.3. The third-order valence-corrected chi connectivity index (χ3v) is 5.06. The maximum atomic E-state index is 13.0. The number of hydrogen-bond donors (Lipinski definition) is 3. The van der Waals surface area contributed by atoms with Crippen molar-refractivity contribution in [2.24, 2.45) is 11.8 Å². The van der Waals surface area contributed by atoms with E-state index in [4.69, 9.17) is 5.73 Å². The Morgan fingerprint density at radius 1 is 1.06 bits per heavy atom. The first kappa shape index (κ1) is 23.1. The standard InChI is InChI=1S/C24H31N5O3/c1-15(2)12-28(21-22(25)29(13-16(3)4)24(32)27-23(21)31)14-20(30)26-19-11-7-9-17-8-5-6-10-18(17)19/h5-11,15-16H,12-14,25H2,1-4H3,(H,26,30)(H,27,31,32). The summed E-state index contributed by atoms with van der Waals surface area (Å²) in [5.41, 5.74) is 5.99. The van der Waals surface area contributed by atoms with Gasteiger partial charge in [0.05, 0.1) is 6.54 Å². The number of anilines is 3. The van der Waals surface area contributed by atoms with E-state index in [-0.39, 0.29) is 35.8 Å². The Kier molecular flexibility index (Phi) is 7.02. The van der Waals surface area contributed by atoms with E-state index in [2.05, 4.69) is 10.3 Å². The zero-order valence-corrected chi connectivity index (χ0v) is 19.0. The minimum Gasteiger partial charge on any atom is -0.383 e. The van der Waals surface area contributed by atoms with Gasteiger partial charge in [-0.15, -0.1) is 0 Å². The lowest BCUT2D eigenvalue weighted by molar-refractivity contribution is -0.115. The molecule has 0 bridgehead atoms. The molecule has 0 saturated heterocycles. The lowest BCUT2D eigenvalue weighted by Crippen LogP contribution is -2.43. The number of amides is 1. The second-order valence-electron chi connectivity index (χ2n) is 8.85. The summed E-state index contributed by atoms with van der Waals surface area (Å²) >= 11 is 0. The van der Waals surface area contributed by atoms with Gasteiger partial charge in [-0.05, 0) is 23.3 Å². The van der Waals surface area contributed by atoms with Crippen molar-refractivity contribution in [3.05, 3.63) is 63.3 Å². The molecule has 0 unspecified atom stereocenters. The molecule has 2 aromatic carbocycles. The summed E-state index contributed by atoms with van der Waals surface area (Å²) in [7, 11) is 0. The number of nitrogen functional groups attached to an aromatic ring is 1. The number of carbonyl (C=O) groups excluding carboxylic acids is 1. The second kappa shape index (κ2) is 9.72. The average molecular weight is 438 g/mol. The Labute approximate surface area is 187 Å². The Bertz CT molecular complexity index is 1220. The van der Waals surface area contributed by atoms with Crippen molar-refractivity contribution in [1.82, 2.24) is 9.55 Å². The summed E-state index contributed by atoms with van der Waals surface area (Å²) in [6, 6.07) is 13.5. The van der Waals surface area contributed by atoms with Crippen LogP contribution in [-0.4, -0.2) is 28.5 Å². The molecule has 1 aromatic heterocycles. The number of H-pyrrole nitrogens is 1. The first-order chi connectivity index (χ1) is 15.2. The van der Waals surface area contributed by atoms with Gasteiger partial charge in [0.25, 0.3) is 5.56 Å². The number of aromatic amines is 1. The molecule has 170 valence electrons. The molecule has 32 heavy (non-hydrogen) atoms. The van der Waals surface area contributed by atoms with Crippen LogP contribution in [0.5, 0.6) is 0 Å². The summed E-state index contributed by atoms with van der Waals surface area (Å²) < 4.78 is 1.36. The number of benzene rings is 2. The van der Waals surface area contributed by atoms with Gasteiger partial charge in [-0.25, -0.2) is 4.79 Å². The highest BCUT2D eigenvalue weighted by atomic mass is 16.2. The first-order valence-electron chi connectivity index (χ1n) is 10.8. The molecule has 0 aliphatic heterocycles. The van der Waals surface area contributed by atoms with Crippen LogP contribution in [0.3, 0.4) is 0 Å². The van der Waals surface area contributed by atoms with Gasteiger partial charge in [-0.3, -0.25) is 19.1 Å². The van der Waals surface area contributed by atoms with Gasteiger partial charge in [0, 0.05) is 24.2 Å². The van der Waals surface area contributed by atoms with Crippen molar-refractivity contribution in [3.63, 3.8) is 0 Å². The molecule has 0 spiro atoms. The lowest BCUT2D eigenvalue weighted by atomic mass is 10.1. The Balaban J connectivity index is 1.95. The third kappa shape index (κ3) is 5.19. The summed E-state index contributed by atoms with van der Waals surface area (Å²) in [6.45, 7) is 8.62. The number of nitrogens with zero attached hydrogens (tertiary/aromatic N) is 2. The zero-order valence-electron chi connectivity index (χ0n) is 19.0. The first-order valence-corrected chi connectivity index (χ1v) is 10.8. The van der Waals surface area contributed by atoms with Crippen molar-refractivity contribution >= 4 is 33.9 Å². The zero-order chi connectivity index (χ0) is 23.4. The van der Waals surface area contributed by atoms with E-state index in [1.54, 1.807) is 4.90 Å². The lowest BCUT2D eigenvalue weighted by Gasteiger charge is -2.27. The largest absolute Gasteiger partial charge is 0.383 e. The van der Waals surface area contributed by atoms with Gasteiger partial charge in [0.15, 0.2) is 0 Å². The van der Waals surface area contributed by atoms with Crippen LogP contribution in [0.1, 0.15) is 27.7 Å². The summed E-state index contributed by atoms with van der Waals surface area (Å²) in [5, 5.41) is 4.90. The van der Waals surface area contributed by atoms with Crippen LogP contribution in [0.2, 0.25) is 0 Å². The van der Waals surface area contributed by atoms with Crippen LogP contribution in [-0.2, 0) is 11.3 Å². The van der Waals surface area contributed by atoms with E-state index in [0.29, 0.717) is 18.8 Å². The molecule has 0 radical (unpaired) electrons. The van der Waals surface area contributed by atoms with Crippen LogP contribution in [0.15, 0.2) is 52.1 Å². The number of nitrogens with two attached hydrogens (primary N) is 1. The maximum Gasteiger partial charge on any atom is 0.330 e. The van der Waals surface area contributed by atoms with E-state index < -0.39 is 11.2 Å². The van der Waals surface area contributed by atoms with Crippen LogP contribution in [0.25, 0.3) is 10.8 Å². The molecule has 3 aromatic rings. The number of carbonyl (C=O) groups is 1. The molecule has 3 rings (SSSR count). The molecule has 0 aliphatic rings. The predicted molar refractivity (Wildman–Crippen MR) is 130 cm³/mol. The smallest absolute Gasteiger partial charge is 0.330 e. The maximum absolute atomic E-state index is 13.0. The van der Waals surface area contributed by atoms with Gasteiger partial charge in [-0.2, -0.15) is 0 Å². The van der Waals surface area contributed by atoms with Crippen LogP contribution in [0, 0.1) is 11.8 Å². The molecular weight excluding hydrogens is 406 g/mol. The van der Waals surface area contributed by atoms with E-state index in [1.807, 2.05) is 70.2 Å². The fourth-order valence-corrected chi connectivity index (χ4v) is 3.80. The minimum atomic E-state index is -0.592. The van der Waals surface area contributed by atoms with Crippen LogP contribution >= 0.6 is 0 Å². The molecule has 0 fully saturated rings. The molecule has 8 nitrogen and oxygen atoms in total. The number of hydrogen-bond acceptors (Lipinski definition) is 5. The molecule has 0 aliphatic carbocycles. The second-order valence-corrected chi connectivity index (χ2v) is 8.85. The summed E-state index contributed by atoms with van der Waals surface area (Å²) in [6.07, 6.45) is 0. The van der Waals surface area contributed by atoms with Gasteiger partial charge >= 0.3 is 5.69 Å². The molecule has 1 heterocycles. The van der Waals surface area contributed by atoms with Crippen molar-refractivity contribution < 1.29 is 4.79 Å². The van der Waals surface area contributed by atoms with Crippen LogP contribution < -0.4 is 27.2 Å². The van der Waals surface area contributed by atoms with Crippen molar-refractivity contribution in [2.45, 2.75) is 34.2 Å². The molecule has 4 N–H and O–H groups in total. The van der Waals surface area contributed by atoms with Crippen molar-refractivity contribution in [1.29, 1.82) is 0 Å². The Morgan fingerprint density at radius 2 is 1.75 bits per heavy atom. The van der Waals surface area contributed by atoms with Crippen molar-refractivity contribution in [3.8, 4) is 0 Å². The fourth-order valence-electron chi connectivity index (χ4n) is 3.80. The number of fused-ring (bicyclic) bond motifs is 1. The minimum absolute atomic E-state index is 0.0748. The monoisotopic (exact) mass is 437 g/mol. The average Bonchev–Trinajstić information content (AvgIpc) is 2.70. The van der Waals surface area contributed by atoms with Gasteiger partial charge in [-0.1, -0.05) is 64.1 Å². The van der Waals surface area contributed by atoms with Crippen molar-refractivity contribution in [2.75, 3.05) is 29.0 Å². The third-order valence-electron chi connectivity index (χ3n) is 5.06. The van der Waals surface area contributed by atoms with Gasteiger partial charge in [0.1, 0.15) is 11.5 Å². The Hall–Kier alpha value is -3.55. The molecule has 8 heteroatoms. The number of rotatable bonds is 8. The topological polar surface area (TPSA) is 113 Å². The van der Waals surface area contributed by atoms with E-state index in [0.717, 1.165) is 10.8 Å². The summed E-state index contributed by atoms with van der Waals surface area (Å²) in [4.78, 5) is 42.0. The van der Waals surface area contributed by atoms with E-state index >= 15 is 0 Å². The molecule has 1 amide bonds. The van der Waals surface area contributed by atoms with Gasteiger partial charge < -0.3 is 16.0 Å². The molecule has 0 saturated carbocycles. The van der Waals surface area contributed by atoms with Gasteiger partial charge in [0.2, 0.25) is 5.91 Å². The Morgan fingerprint density at radius 3 is 2.44 bits per heavy atom. The molecular formula is C24H31N5O3. The summed E-state index contributed by atoms with van der Waals surface area (Å²) in [5.74, 6) is 0.111. The quantitative estimate of drug-likeness (QED) is 0.501. The van der Waals surface area contributed by atoms with E-state index in [1.165, 1.54) is 4.57 Å². The van der Waals surface area contributed by atoms with Crippen LogP contribution in [0.4, 0.5) is 17.2 Å². The predicted octanol–water partition coefficient (Wildman–Crippen LogP) is 3.03.